The van der Waals surface area contributed by atoms with Gasteiger partial charge in [0.2, 0.25) is 0 Å². The Morgan fingerprint density at radius 2 is 0.839 bits per heavy atom. The lowest BCUT2D eigenvalue weighted by atomic mass is 10.0. The van der Waals surface area contributed by atoms with Crippen molar-refractivity contribution < 1.29 is 28.5 Å². The largest absolute Gasteiger partial charge is 0.488 e. The molecule has 0 atom stereocenters. The number of hydrogen-bond acceptors (Lipinski definition) is 6. The predicted molar refractivity (Wildman–Crippen MR) is 230 cm³/mol. The SMILES string of the molecule is CCC(C)(C)Oc1ccc(CCCCNC(=O)c2cccc(C(=O)NCCCCc3ccc(OC(C)(C)CC)cc3OC(C)(C)CC)c2)c(OC(C)(C)CC)c1. The molecule has 0 aliphatic heterocycles. The fourth-order valence-corrected chi connectivity index (χ4v) is 5.61. The van der Waals surface area contributed by atoms with Crippen LogP contribution in [0.5, 0.6) is 23.0 Å². The van der Waals surface area contributed by atoms with Gasteiger partial charge in [-0.25, -0.2) is 0 Å². The van der Waals surface area contributed by atoms with Gasteiger partial charge in [-0.2, -0.15) is 0 Å². The lowest BCUT2D eigenvalue weighted by molar-refractivity contribution is 0.0938. The second kappa shape index (κ2) is 20.8. The minimum absolute atomic E-state index is 0.188. The molecule has 0 fully saturated rings. The number of carbonyl (C=O) groups is 2. The summed E-state index contributed by atoms with van der Waals surface area (Å²) in [7, 11) is 0. The van der Waals surface area contributed by atoms with Gasteiger partial charge in [0.15, 0.2) is 0 Å². The molecule has 0 saturated carbocycles. The van der Waals surface area contributed by atoms with Gasteiger partial charge >= 0.3 is 0 Å². The molecule has 2 N–H and O–H groups in total. The Morgan fingerprint density at radius 3 is 1.20 bits per heavy atom. The van der Waals surface area contributed by atoms with Crippen LogP contribution >= 0.6 is 0 Å². The van der Waals surface area contributed by atoms with Gasteiger partial charge in [-0.1, -0.05) is 45.9 Å². The highest BCUT2D eigenvalue weighted by Gasteiger charge is 2.23. The third-order valence-corrected chi connectivity index (χ3v) is 10.7. The Balaban J connectivity index is 1.49. The first-order valence-corrected chi connectivity index (χ1v) is 21.0. The van der Waals surface area contributed by atoms with Crippen LogP contribution in [0.25, 0.3) is 0 Å². The second-order valence-corrected chi connectivity index (χ2v) is 17.4. The Labute approximate surface area is 338 Å². The molecule has 0 radical (unpaired) electrons. The summed E-state index contributed by atoms with van der Waals surface area (Å²) < 4.78 is 25.4. The van der Waals surface area contributed by atoms with Crippen LogP contribution in [0.4, 0.5) is 0 Å². The van der Waals surface area contributed by atoms with Crippen LogP contribution in [0.1, 0.15) is 166 Å². The summed E-state index contributed by atoms with van der Waals surface area (Å²) in [6.45, 7) is 26.3. The Hall–Kier alpha value is -4.20. The van der Waals surface area contributed by atoms with Crippen molar-refractivity contribution >= 4 is 11.8 Å². The average Bonchev–Trinajstić information content (AvgIpc) is 3.15. The van der Waals surface area contributed by atoms with Crippen molar-refractivity contribution in [2.45, 2.75) is 170 Å². The number of amides is 2. The molecule has 0 bridgehead atoms. The van der Waals surface area contributed by atoms with Crippen molar-refractivity contribution in [1.82, 2.24) is 10.6 Å². The van der Waals surface area contributed by atoms with Crippen LogP contribution in [0.2, 0.25) is 0 Å². The molecule has 0 heterocycles. The van der Waals surface area contributed by atoms with Gasteiger partial charge in [0.25, 0.3) is 11.8 Å². The molecule has 8 nitrogen and oxygen atoms in total. The van der Waals surface area contributed by atoms with Gasteiger partial charge in [0, 0.05) is 36.3 Å². The standard InChI is InChI=1S/C48H72N2O6/c1-13-45(5,6)53-39-28-26-35(41(33-39)55-47(9,10)15-3)22-17-19-30-49-43(51)37-24-21-25-38(32-37)44(52)50-31-20-18-23-36-27-29-40(54-46(7,8)14-2)34-42(36)56-48(11,12)16-4/h21,24-29,32-34H,13-20,22-23,30-31H2,1-12H3,(H,49,51)(H,50,52). The molecule has 3 rings (SSSR count). The van der Waals surface area contributed by atoms with E-state index in [9.17, 15) is 9.59 Å². The van der Waals surface area contributed by atoms with E-state index in [1.165, 1.54) is 0 Å². The van der Waals surface area contributed by atoms with Crippen molar-refractivity contribution in [3.8, 4) is 23.0 Å². The van der Waals surface area contributed by atoms with E-state index >= 15 is 0 Å². The van der Waals surface area contributed by atoms with E-state index in [-0.39, 0.29) is 34.2 Å². The molecular weight excluding hydrogens is 701 g/mol. The zero-order valence-electron chi connectivity index (χ0n) is 36.7. The first-order chi connectivity index (χ1) is 26.3. The van der Waals surface area contributed by atoms with Crippen molar-refractivity contribution in [3.63, 3.8) is 0 Å². The molecule has 3 aromatic carbocycles. The summed E-state index contributed by atoms with van der Waals surface area (Å²) >= 11 is 0. The quantitative estimate of drug-likeness (QED) is 0.0881. The number of aryl methyl sites for hydroxylation is 2. The molecule has 0 aromatic heterocycles. The van der Waals surface area contributed by atoms with E-state index in [1.54, 1.807) is 24.3 Å². The van der Waals surface area contributed by atoms with Crippen molar-refractivity contribution in [2.75, 3.05) is 13.1 Å². The van der Waals surface area contributed by atoms with Gasteiger partial charge in [-0.3, -0.25) is 9.59 Å². The van der Waals surface area contributed by atoms with Gasteiger partial charge in [0.05, 0.1) is 0 Å². The molecule has 310 valence electrons. The zero-order valence-corrected chi connectivity index (χ0v) is 36.7. The first kappa shape index (κ1) is 46.2. The fourth-order valence-electron chi connectivity index (χ4n) is 5.61. The van der Waals surface area contributed by atoms with E-state index in [0.29, 0.717) is 24.2 Å². The molecule has 56 heavy (non-hydrogen) atoms. The summed E-state index contributed by atoms with van der Waals surface area (Å²) in [4.78, 5) is 26.1. The van der Waals surface area contributed by atoms with Crippen LogP contribution in [0, 0.1) is 0 Å². The highest BCUT2D eigenvalue weighted by atomic mass is 16.5. The minimum atomic E-state index is -0.297. The third kappa shape index (κ3) is 15.4. The molecular formula is C48H72N2O6. The van der Waals surface area contributed by atoms with Gasteiger partial charge < -0.3 is 29.6 Å². The third-order valence-electron chi connectivity index (χ3n) is 10.7. The lowest BCUT2D eigenvalue weighted by Gasteiger charge is -2.29. The van der Waals surface area contributed by atoms with Crippen LogP contribution in [0.3, 0.4) is 0 Å². The van der Waals surface area contributed by atoms with Gasteiger partial charge in [-0.15, -0.1) is 0 Å². The normalized spacial score (nSPS) is 12.2. The van der Waals surface area contributed by atoms with E-state index < -0.39 is 0 Å². The first-order valence-electron chi connectivity index (χ1n) is 21.0. The summed E-state index contributed by atoms with van der Waals surface area (Å²) in [5.41, 5.74) is 2.08. The number of hydrogen-bond donors (Lipinski definition) is 2. The Bertz CT molecular complexity index is 1590. The van der Waals surface area contributed by atoms with Crippen LogP contribution in [0.15, 0.2) is 60.7 Å². The number of unbranched alkanes of at least 4 members (excludes halogenated alkanes) is 2. The summed E-state index contributed by atoms with van der Waals surface area (Å²) in [5, 5.41) is 6.06. The van der Waals surface area contributed by atoms with Crippen LogP contribution in [-0.2, 0) is 12.8 Å². The molecule has 0 aliphatic carbocycles. The topological polar surface area (TPSA) is 95.1 Å². The maximum Gasteiger partial charge on any atom is 0.251 e. The molecule has 0 saturated heterocycles. The summed E-state index contributed by atoms with van der Waals surface area (Å²) in [6, 6.07) is 19.2. The van der Waals surface area contributed by atoms with Gasteiger partial charge in [-0.05, 0) is 161 Å². The number of nitrogens with one attached hydrogen (secondary N) is 2. The molecule has 0 aliphatic rings. The van der Waals surface area contributed by atoms with Crippen molar-refractivity contribution in [3.05, 3.63) is 82.9 Å². The van der Waals surface area contributed by atoms with Crippen LogP contribution in [-0.4, -0.2) is 47.3 Å². The molecule has 0 spiro atoms. The van der Waals surface area contributed by atoms with Crippen LogP contribution < -0.4 is 29.6 Å². The zero-order chi connectivity index (χ0) is 41.6. The van der Waals surface area contributed by atoms with Crippen molar-refractivity contribution in [2.24, 2.45) is 0 Å². The van der Waals surface area contributed by atoms with Crippen molar-refractivity contribution in [1.29, 1.82) is 0 Å². The molecule has 0 unspecified atom stereocenters. The van der Waals surface area contributed by atoms with Gasteiger partial charge in [0.1, 0.15) is 45.4 Å². The molecule has 3 aromatic rings. The lowest BCUT2D eigenvalue weighted by Crippen LogP contribution is -2.28. The fraction of sp³-hybridized carbons (Fsp3) is 0.583. The number of ether oxygens (including phenoxy) is 4. The smallest absolute Gasteiger partial charge is 0.251 e. The van der Waals surface area contributed by atoms with E-state index in [4.69, 9.17) is 18.9 Å². The highest BCUT2D eigenvalue weighted by Crippen LogP contribution is 2.34. The maximum atomic E-state index is 13.0. The molecule has 2 amide bonds. The van der Waals surface area contributed by atoms with E-state index in [0.717, 1.165) is 98.3 Å². The Morgan fingerprint density at radius 1 is 0.482 bits per heavy atom. The summed E-state index contributed by atoms with van der Waals surface area (Å²) in [5.74, 6) is 2.94. The summed E-state index contributed by atoms with van der Waals surface area (Å²) in [6.07, 6.45) is 8.59. The Kier molecular flexibility index (Phi) is 17.2. The molecule has 8 heteroatoms. The number of benzene rings is 3. The number of carbonyl (C=O) groups excluding carboxylic acids is 2. The highest BCUT2D eigenvalue weighted by molar-refractivity contribution is 5.99. The monoisotopic (exact) mass is 773 g/mol. The predicted octanol–water partition coefficient (Wildman–Crippen LogP) is 11.5. The van der Waals surface area contributed by atoms with E-state index in [1.807, 2.05) is 24.3 Å². The number of rotatable bonds is 24. The second-order valence-electron chi connectivity index (χ2n) is 17.4. The minimum Gasteiger partial charge on any atom is -0.488 e. The average molecular weight is 773 g/mol. The maximum absolute atomic E-state index is 13.0. The van der Waals surface area contributed by atoms with E-state index in [2.05, 4.69) is 106 Å².